The summed E-state index contributed by atoms with van der Waals surface area (Å²) in [4.78, 5) is 0.213. The van der Waals surface area contributed by atoms with Gasteiger partial charge in [-0.05, 0) is 43.9 Å². The number of nitrogens with one attached hydrogen (secondary N) is 1. The Morgan fingerprint density at radius 1 is 1.22 bits per heavy atom. The van der Waals surface area contributed by atoms with E-state index in [1.807, 2.05) is 0 Å². The quantitative estimate of drug-likeness (QED) is 0.892. The summed E-state index contributed by atoms with van der Waals surface area (Å²) in [6, 6.07) is 6.47. The van der Waals surface area contributed by atoms with E-state index in [1.165, 1.54) is 6.07 Å². The van der Waals surface area contributed by atoms with Crippen LogP contribution in [0.15, 0.2) is 29.2 Å². The summed E-state index contributed by atoms with van der Waals surface area (Å²) in [7, 11) is -3.48. The average molecular weight is 289 g/mol. The minimum Gasteiger partial charge on any atom is -0.328 e. The van der Waals surface area contributed by atoms with Crippen LogP contribution in [-0.2, 0) is 10.0 Å². The zero-order valence-corrected chi connectivity index (χ0v) is 11.5. The largest absolute Gasteiger partial charge is 0.328 e. The van der Waals surface area contributed by atoms with E-state index in [1.54, 1.807) is 18.2 Å². The van der Waals surface area contributed by atoms with Crippen LogP contribution in [0.2, 0.25) is 5.02 Å². The molecule has 1 aliphatic carbocycles. The maximum absolute atomic E-state index is 12.1. The zero-order valence-electron chi connectivity index (χ0n) is 9.97. The Bertz CT molecular complexity index is 511. The Kier molecular flexibility index (Phi) is 4.27. The van der Waals surface area contributed by atoms with E-state index in [0.717, 1.165) is 25.7 Å². The van der Waals surface area contributed by atoms with Crippen molar-refractivity contribution in [3.05, 3.63) is 29.3 Å². The predicted octanol–water partition coefficient (Wildman–Crippen LogP) is 1.89. The number of sulfonamides is 1. The highest BCUT2D eigenvalue weighted by atomic mass is 35.5. The molecule has 100 valence electrons. The second-order valence-electron chi connectivity index (χ2n) is 4.69. The third-order valence-electron chi connectivity index (χ3n) is 3.20. The summed E-state index contributed by atoms with van der Waals surface area (Å²) >= 11 is 5.80. The lowest BCUT2D eigenvalue weighted by Gasteiger charge is -2.26. The van der Waals surface area contributed by atoms with Crippen molar-refractivity contribution >= 4 is 21.6 Å². The molecule has 2 rings (SSSR count). The summed E-state index contributed by atoms with van der Waals surface area (Å²) in [5.41, 5.74) is 5.80. The van der Waals surface area contributed by atoms with Gasteiger partial charge in [0.25, 0.3) is 0 Å². The highest BCUT2D eigenvalue weighted by molar-refractivity contribution is 7.89. The molecule has 1 fully saturated rings. The van der Waals surface area contributed by atoms with Crippen LogP contribution in [0.1, 0.15) is 25.7 Å². The summed E-state index contributed by atoms with van der Waals surface area (Å²) in [6.07, 6.45) is 3.31. The van der Waals surface area contributed by atoms with Crippen LogP contribution in [0.5, 0.6) is 0 Å². The molecule has 4 nitrogen and oxygen atoms in total. The second kappa shape index (κ2) is 5.57. The van der Waals surface area contributed by atoms with Gasteiger partial charge >= 0.3 is 0 Å². The predicted molar refractivity (Wildman–Crippen MR) is 72.0 cm³/mol. The molecule has 18 heavy (non-hydrogen) atoms. The van der Waals surface area contributed by atoms with Crippen LogP contribution in [0.25, 0.3) is 0 Å². The normalized spacial score (nSPS) is 25.0. The monoisotopic (exact) mass is 288 g/mol. The standard InChI is InChI=1S/C12H17ClN2O2S/c13-9-2-1-3-12(8-9)18(16,17)15-11-6-4-10(14)5-7-11/h1-3,8,10-11,15H,4-7,14H2. The van der Waals surface area contributed by atoms with Crippen molar-refractivity contribution in [2.24, 2.45) is 5.73 Å². The van der Waals surface area contributed by atoms with Crippen LogP contribution in [0.4, 0.5) is 0 Å². The minimum absolute atomic E-state index is 0.0196. The summed E-state index contributed by atoms with van der Waals surface area (Å²) in [5.74, 6) is 0. The van der Waals surface area contributed by atoms with Crippen LogP contribution < -0.4 is 10.5 Å². The maximum Gasteiger partial charge on any atom is 0.240 e. The number of benzene rings is 1. The van der Waals surface area contributed by atoms with E-state index in [9.17, 15) is 8.42 Å². The SMILES string of the molecule is NC1CCC(NS(=O)(=O)c2cccc(Cl)c2)CC1. The van der Waals surface area contributed by atoms with E-state index in [2.05, 4.69) is 4.72 Å². The van der Waals surface area contributed by atoms with Crippen molar-refractivity contribution in [3.63, 3.8) is 0 Å². The van der Waals surface area contributed by atoms with Crippen LogP contribution >= 0.6 is 11.6 Å². The van der Waals surface area contributed by atoms with Crippen molar-refractivity contribution in [3.8, 4) is 0 Å². The Hall–Kier alpha value is -0.620. The molecule has 0 saturated heterocycles. The average Bonchev–Trinajstić information content (AvgIpc) is 2.32. The van der Waals surface area contributed by atoms with Crippen molar-refractivity contribution in [2.45, 2.75) is 42.7 Å². The first-order chi connectivity index (χ1) is 8.47. The van der Waals surface area contributed by atoms with E-state index < -0.39 is 10.0 Å². The Morgan fingerprint density at radius 3 is 2.50 bits per heavy atom. The van der Waals surface area contributed by atoms with Gasteiger partial charge in [0.1, 0.15) is 0 Å². The molecule has 0 radical (unpaired) electrons. The highest BCUT2D eigenvalue weighted by Gasteiger charge is 2.24. The smallest absolute Gasteiger partial charge is 0.240 e. The van der Waals surface area contributed by atoms with Gasteiger partial charge in [-0.1, -0.05) is 17.7 Å². The first-order valence-electron chi connectivity index (χ1n) is 6.01. The molecule has 0 amide bonds. The van der Waals surface area contributed by atoms with Crippen molar-refractivity contribution in [1.82, 2.24) is 4.72 Å². The zero-order chi connectivity index (χ0) is 13.2. The second-order valence-corrected chi connectivity index (χ2v) is 6.84. The highest BCUT2D eigenvalue weighted by Crippen LogP contribution is 2.20. The summed E-state index contributed by atoms with van der Waals surface area (Å²) in [5, 5.41) is 0.420. The molecule has 0 heterocycles. The number of hydrogen-bond acceptors (Lipinski definition) is 3. The van der Waals surface area contributed by atoms with Crippen LogP contribution in [0.3, 0.4) is 0 Å². The molecule has 0 spiro atoms. The molecule has 1 saturated carbocycles. The third-order valence-corrected chi connectivity index (χ3v) is 4.95. The molecule has 1 aliphatic rings. The third kappa shape index (κ3) is 3.45. The van der Waals surface area contributed by atoms with Gasteiger partial charge in [-0.2, -0.15) is 0 Å². The van der Waals surface area contributed by atoms with E-state index >= 15 is 0 Å². The number of rotatable bonds is 3. The fraction of sp³-hybridized carbons (Fsp3) is 0.500. The van der Waals surface area contributed by atoms with Crippen molar-refractivity contribution < 1.29 is 8.42 Å². The fourth-order valence-corrected chi connectivity index (χ4v) is 3.76. The Morgan fingerprint density at radius 2 is 1.89 bits per heavy atom. The summed E-state index contributed by atoms with van der Waals surface area (Å²) < 4.78 is 27.0. The maximum atomic E-state index is 12.1. The van der Waals surface area contributed by atoms with Crippen molar-refractivity contribution in [1.29, 1.82) is 0 Å². The fourth-order valence-electron chi connectivity index (χ4n) is 2.16. The lowest BCUT2D eigenvalue weighted by atomic mass is 9.93. The molecule has 1 aromatic carbocycles. The van der Waals surface area contributed by atoms with Gasteiger partial charge in [0.2, 0.25) is 10.0 Å². The number of hydrogen-bond donors (Lipinski definition) is 2. The van der Waals surface area contributed by atoms with Gasteiger partial charge < -0.3 is 5.73 Å². The van der Waals surface area contributed by atoms with E-state index in [-0.39, 0.29) is 17.0 Å². The molecule has 0 aliphatic heterocycles. The first kappa shape index (κ1) is 13.8. The lowest BCUT2D eigenvalue weighted by molar-refractivity contribution is 0.373. The number of nitrogens with two attached hydrogens (primary N) is 1. The Balaban J connectivity index is 2.08. The van der Waals surface area contributed by atoms with Gasteiger partial charge in [-0.25, -0.2) is 13.1 Å². The molecule has 0 bridgehead atoms. The number of halogens is 1. The van der Waals surface area contributed by atoms with E-state index in [4.69, 9.17) is 17.3 Å². The van der Waals surface area contributed by atoms with Gasteiger partial charge in [-0.3, -0.25) is 0 Å². The van der Waals surface area contributed by atoms with Crippen LogP contribution in [-0.4, -0.2) is 20.5 Å². The van der Waals surface area contributed by atoms with Crippen molar-refractivity contribution in [2.75, 3.05) is 0 Å². The van der Waals surface area contributed by atoms with E-state index in [0.29, 0.717) is 5.02 Å². The molecule has 1 aromatic rings. The molecular formula is C12H17ClN2O2S. The molecule has 0 atom stereocenters. The topological polar surface area (TPSA) is 72.2 Å². The van der Waals surface area contributed by atoms with Gasteiger partial charge in [0.15, 0.2) is 0 Å². The van der Waals surface area contributed by atoms with Crippen LogP contribution in [0, 0.1) is 0 Å². The lowest BCUT2D eigenvalue weighted by Crippen LogP contribution is -2.40. The van der Waals surface area contributed by atoms with Gasteiger partial charge in [0.05, 0.1) is 4.90 Å². The first-order valence-corrected chi connectivity index (χ1v) is 7.87. The van der Waals surface area contributed by atoms with Gasteiger partial charge in [-0.15, -0.1) is 0 Å². The molecule has 0 unspecified atom stereocenters. The molecule has 3 N–H and O–H groups in total. The molecule has 6 heteroatoms. The summed E-state index contributed by atoms with van der Waals surface area (Å²) in [6.45, 7) is 0. The Labute approximate surface area is 113 Å². The minimum atomic E-state index is -3.48. The molecular weight excluding hydrogens is 272 g/mol. The van der Waals surface area contributed by atoms with Gasteiger partial charge in [0, 0.05) is 17.1 Å². The molecule has 0 aromatic heterocycles.